The van der Waals surface area contributed by atoms with Gasteiger partial charge in [0.05, 0.1) is 0 Å². The Hall–Kier alpha value is -0.790. The fraction of sp³-hybridized carbons (Fsp3) is 0.833. The molecule has 0 aromatic carbocycles. The summed E-state index contributed by atoms with van der Waals surface area (Å²) in [7, 11) is 0. The molecular formula is C18H34O2. The summed E-state index contributed by atoms with van der Waals surface area (Å²) < 4.78 is 0. The maximum absolute atomic E-state index is 10.3. The molecule has 0 bridgehead atoms. The number of carbonyl (C=O) groups is 1. The molecule has 1 N–H and O–H groups in total. The average molecular weight is 283 g/mol. The number of allylic oxidation sites excluding steroid dienone is 2. The fourth-order valence-corrected chi connectivity index (χ4v) is 2.35. The van der Waals surface area contributed by atoms with Gasteiger partial charge in [-0.1, -0.05) is 70.4 Å². The average Bonchev–Trinajstić information content (AvgIpc) is 2.43. The lowest BCUT2D eigenvalue weighted by molar-refractivity contribution is -0.137. The Balaban J connectivity index is 3.05. The van der Waals surface area contributed by atoms with E-state index in [0.717, 1.165) is 12.8 Å². The minimum atomic E-state index is -0.661. The van der Waals surface area contributed by atoms with Crippen molar-refractivity contribution in [1.82, 2.24) is 0 Å². The third-order valence-corrected chi connectivity index (χ3v) is 3.65. The molecule has 20 heavy (non-hydrogen) atoms. The van der Waals surface area contributed by atoms with E-state index in [1.807, 2.05) is 0 Å². The van der Waals surface area contributed by atoms with Crippen LogP contribution in [0.25, 0.3) is 0 Å². The van der Waals surface area contributed by atoms with E-state index in [-0.39, 0.29) is 0 Å². The summed E-state index contributed by atoms with van der Waals surface area (Å²) in [6, 6.07) is 0. The van der Waals surface area contributed by atoms with Gasteiger partial charge in [-0.25, -0.2) is 0 Å². The number of hydrogen-bond acceptors (Lipinski definition) is 1. The van der Waals surface area contributed by atoms with Gasteiger partial charge in [-0.3, -0.25) is 4.79 Å². The van der Waals surface area contributed by atoms with Crippen LogP contribution in [0.5, 0.6) is 0 Å². The maximum atomic E-state index is 10.3. The monoisotopic (exact) mass is 283 g/mol. The first-order valence-electron chi connectivity index (χ1n) is 8.64. The molecule has 2 nitrogen and oxygen atoms in total. The smallest absolute Gasteiger partial charge is 0.303 e. The quantitative estimate of drug-likeness (QED) is 0.224. The number of carboxylic acid groups (broad SMARTS) is 1. The molecule has 0 aliphatic carbocycles. The van der Waals surface area contributed by atoms with E-state index < -0.39 is 5.97 Å². The predicted molar refractivity (Wildman–Crippen MR) is 87.1 cm³/mol. The summed E-state index contributed by atoms with van der Waals surface area (Å²) >= 11 is 0. The molecule has 118 valence electrons. The standard InChI is InChI=1S/C18H34O2/c1-2-3-4-5-6-7-8-9-10-11-12-13-14-15-16-17-18(19)20/h7-8H,2-6,9-17H2,1H3,(H,19,20)/b8-7+/i18+1. The van der Waals surface area contributed by atoms with Gasteiger partial charge in [0.25, 0.3) is 0 Å². The molecule has 0 saturated heterocycles. The van der Waals surface area contributed by atoms with Gasteiger partial charge in [-0.15, -0.1) is 0 Å². The van der Waals surface area contributed by atoms with Crippen LogP contribution in [0.2, 0.25) is 0 Å². The first kappa shape index (κ1) is 19.2. The normalized spacial score (nSPS) is 11.2. The third-order valence-electron chi connectivity index (χ3n) is 3.65. The first-order valence-corrected chi connectivity index (χ1v) is 8.64. The van der Waals surface area contributed by atoms with Gasteiger partial charge < -0.3 is 5.11 Å². The number of hydrogen-bond donors (Lipinski definition) is 1. The van der Waals surface area contributed by atoms with Crippen molar-refractivity contribution < 1.29 is 9.90 Å². The molecule has 0 amide bonds. The molecule has 0 unspecified atom stereocenters. The van der Waals surface area contributed by atoms with Crippen LogP contribution in [-0.4, -0.2) is 11.1 Å². The van der Waals surface area contributed by atoms with Gasteiger partial charge in [-0.2, -0.15) is 0 Å². The van der Waals surface area contributed by atoms with Crippen LogP contribution in [0.4, 0.5) is 0 Å². The molecule has 0 aromatic heterocycles. The minimum absolute atomic E-state index is 0.336. The van der Waals surface area contributed by atoms with E-state index in [1.54, 1.807) is 0 Å². The molecular weight excluding hydrogens is 249 g/mol. The van der Waals surface area contributed by atoms with Gasteiger partial charge in [0.1, 0.15) is 0 Å². The highest BCUT2D eigenvalue weighted by molar-refractivity contribution is 5.66. The zero-order valence-corrected chi connectivity index (χ0v) is 13.4. The Bertz CT molecular complexity index is 234. The molecule has 0 aliphatic heterocycles. The third kappa shape index (κ3) is 17.2. The van der Waals surface area contributed by atoms with Crippen LogP contribution in [-0.2, 0) is 4.79 Å². The van der Waals surface area contributed by atoms with Crippen molar-refractivity contribution in [3.05, 3.63) is 12.2 Å². The summed E-state index contributed by atoms with van der Waals surface area (Å²) in [5, 5.41) is 8.51. The summed E-state index contributed by atoms with van der Waals surface area (Å²) in [6.07, 6.45) is 21.2. The second-order valence-corrected chi connectivity index (χ2v) is 5.73. The highest BCUT2D eigenvalue weighted by Crippen LogP contribution is 2.10. The maximum Gasteiger partial charge on any atom is 0.303 e. The van der Waals surface area contributed by atoms with Crippen molar-refractivity contribution in [3.8, 4) is 0 Å². The van der Waals surface area contributed by atoms with Crippen molar-refractivity contribution in [2.24, 2.45) is 0 Å². The van der Waals surface area contributed by atoms with Gasteiger partial charge >= 0.3 is 5.97 Å². The van der Waals surface area contributed by atoms with E-state index in [2.05, 4.69) is 19.1 Å². The topological polar surface area (TPSA) is 37.3 Å². The van der Waals surface area contributed by atoms with Crippen LogP contribution >= 0.6 is 0 Å². The molecule has 0 atom stereocenters. The number of aliphatic carboxylic acids is 1. The summed E-state index contributed by atoms with van der Waals surface area (Å²) in [6.45, 7) is 2.25. The second-order valence-electron chi connectivity index (χ2n) is 5.73. The molecule has 0 heterocycles. The van der Waals surface area contributed by atoms with E-state index in [1.165, 1.54) is 70.6 Å². The molecule has 0 fully saturated rings. The van der Waals surface area contributed by atoms with Crippen molar-refractivity contribution in [2.45, 2.75) is 96.8 Å². The SMILES string of the molecule is CCCCCC/C=C/CCCCCCCCC[13C](=O)O. The zero-order valence-electron chi connectivity index (χ0n) is 13.4. The Morgan fingerprint density at radius 2 is 1.20 bits per heavy atom. The summed E-state index contributed by atoms with van der Waals surface area (Å²) in [5.41, 5.74) is 0. The van der Waals surface area contributed by atoms with E-state index in [0.29, 0.717) is 6.42 Å². The fourth-order valence-electron chi connectivity index (χ4n) is 2.35. The van der Waals surface area contributed by atoms with Crippen molar-refractivity contribution >= 4 is 5.97 Å². The van der Waals surface area contributed by atoms with Gasteiger partial charge in [0, 0.05) is 6.42 Å². The largest absolute Gasteiger partial charge is 0.481 e. The lowest BCUT2D eigenvalue weighted by Crippen LogP contribution is -1.93. The van der Waals surface area contributed by atoms with E-state index in [4.69, 9.17) is 5.11 Å². The van der Waals surface area contributed by atoms with Gasteiger partial charge in [0.2, 0.25) is 0 Å². The van der Waals surface area contributed by atoms with Gasteiger partial charge in [-0.05, 0) is 32.1 Å². The van der Waals surface area contributed by atoms with Crippen LogP contribution in [0.15, 0.2) is 12.2 Å². The predicted octanol–water partition coefficient (Wildman–Crippen LogP) is 6.11. The van der Waals surface area contributed by atoms with Gasteiger partial charge in [0.15, 0.2) is 0 Å². The van der Waals surface area contributed by atoms with Crippen molar-refractivity contribution in [1.29, 1.82) is 0 Å². The number of carboxylic acids is 1. The molecule has 0 aromatic rings. The van der Waals surface area contributed by atoms with Crippen LogP contribution in [0.1, 0.15) is 96.8 Å². The van der Waals surface area contributed by atoms with Crippen LogP contribution < -0.4 is 0 Å². The Kier molecular flexibility index (Phi) is 15.6. The Labute approximate surface area is 125 Å². The lowest BCUT2D eigenvalue weighted by atomic mass is 10.1. The van der Waals surface area contributed by atoms with Crippen LogP contribution in [0.3, 0.4) is 0 Å². The van der Waals surface area contributed by atoms with Crippen molar-refractivity contribution in [3.63, 3.8) is 0 Å². The molecule has 0 aliphatic rings. The Morgan fingerprint density at radius 3 is 1.70 bits per heavy atom. The van der Waals surface area contributed by atoms with E-state index >= 15 is 0 Å². The number of rotatable bonds is 15. The van der Waals surface area contributed by atoms with E-state index in [9.17, 15) is 4.79 Å². The molecule has 0 radical (unpaired) electrons. The van der Waals surface area contributed by atoms with Crippen LogP contribution in [0, 0.1) is 0 Å². The highest BCUT2D eigenvalue weighted by Gasteiger charge is 1.96. The molecule has 0 saturated carbocycles. The lowest BCUT2D eigenvalue weighted by Gasteiger charge is -2.00. The Morgan fingerprint density at radius 1 is 0.750 bits per heavy atom. The molecule has 0 rings (SSSR count). The zero-order chi connectivity index (χ0) is 14.9. The highest BCUT2D eigenvalue weighted by atomic mass is 16.5. The summed E-state index contributed by atoms with van der Waals surface area (Å²) in [5.74, 6) is -0.661. The second kappa shape index (κ2) is 16.3. The molecule has 2 heteroatoms. The summed E-state index contributed by atoms with van der Waals surface area (Å²) in [4.78, 5) is 10.3. The minimum Gasteiger partial charge on any atom is -0.481 e. The van der Waals surface area contributed by atoms with Crippen molar-refractivity contribution in [2.75, 3.05) is 0 Å². The number of unbranched alkanes of at least 4 members (excludes halogenated alkanes) is 11. The molecule has 0 spiro atoms. The first-order chi connectivity index (χ1) is 9.77.